The maximum Gasteiger partial charge on any atom is 0.344 e. The first-order valence-corrected chi connectivity index (χ1v) is 19.5. The quantitative estimate of drug-likeness (QED) is 0.0944. The molecule has 0 aliphatic heterocycles. The highest BCUT2D eigenvalue weighted by Gasteiger charge is 2.21. The Balaban J connectivity index is 1.81. The predicted octanol–water partition coefficient (Wildman–Crippen LogP) is 7.19. The van der Waals surface area contributed by atoms with Gasteiger partial charge < -0.3 is 53.1 Å². The first-order chi connectivity index (χ1) is 27.7. The molecule has 60 heavy (non-hydrogen) atoms. The zero-order valence-corrected chi connectivity index (χ0v) is 36.9. The molecule has 0 unspecified atom stereocenters. The third kappa shape index (κ3) is 20.3. The van der Waals surface area contributed by atoms with Gasteiger partial charge in [0.2, 0.25) is 0 Å². The van der Waals surface area contributed by atoms with Gasteiger partial charge in [-0.15, -0.1) is 0 Å². The number of rotatable bonds is 19. The van der Waals surface area contributed by atoms with E-state index in [-0.39, 0.29) is 69.2 Å². The minimum absolute atomic E-state index is 0.0231. The highest BCUT2D eigenvalue weighted by Crippen LogP contribution is 2.29. The first-order valence-electron chi connectivity index (χ1n) is 19.5. The summed E-state index contributed by atoms with van der Waals surface area (Å²) < 4.78 is 56.8. The Morgan fingerprint density at radius 2 is 0.583 bits per heavy atom. The van der Waals surface area contributed by atoms with E-state index in [0.717, 1.165) is 0 Å². The van der Waals surface area contributed by atoms with Gasteiger partial charge >= 0.3 is 23.9 Å². The molecule has 330 valence electrons. The van der Waals surface area contributed by atoms with Crippen LogP contribution in [0.4, 0.5) is 0 Å². The monoisotopic (exact) mass is 839 g/mol. The van der Waals surface area contributed by atoms with Crippen LogP contribution in [0, 0.1) is 0 Å². The van der Waals surface area contributed by atoms with Gasteiger partial charge in [-0.3, -0.25) is 0 Å². The molecule has 0 heterocycles. The third-order valence-corrected chi connectivity index (χ3v) is 6.97. The molecule has 0 radical (unpaired) electrons. The smallest absolute Gasteiger partial charge is 0.344 e. The predicted molar refractivity (Wildman–Crippen MR) is 221 cm³/mol. The van der Waals surface area contributed by atoms with Gasteiger partial charge in [-0.25, -0.2) is 19.2 Å². The fraction of sp³-hybridized carbons (Fsp3) is 0.511. The molecule has 3 rings (SSSR count). The van der Waals surface area contributed by atoms with Crippen LogP contribution in [-0.4, -0.2) is 72.7 Å². The maximum atomic E-state index is 12.4. The largest absolute Gasteiger partial charge is 0.489 e. The lowest BCUT2D eigenvalue weighted by Gasteiger charge is -2.20. The van der Waals surface area contributed by atoms with Crippen molar-refractivity contribution in [2.45, 2.75) is 125 Å². The fourth-order valence-electron chi connectivity index (χ4n) is 5.06. The van der Waals surface area contributed by atoms with Crippen molar-refractivity contribution in [3.63, 3.8) is 0 Å². The standard InChI is InChI=1S/C45H61NO14/c1-42(2,3)57-38(47)25-53-34-15-30(16-35(20-34)54-26-39(48)58-43(4,5)6)23-51-32-13-29(22-46)14-33(19-32)52-24-31-17-36(55-27-40(49)59-44(7,8)9)21-37(18-31)56-28-41(50)60-45(10,11)12/h13-21H,22-28,46H2,1-12H3. The van der Waals surface area contributed by atoms with Gasteiger partial charge in [0, 0.05) is 24.7 Å². The Morgan fingerprint density at radius 3 is 0.800 bits per heavy atom. The lowest BCUT2D eigenvalue weighted by Crippen LogP contribution is -2.27. The molecule has 3 aromatic carbocycles. The van der Waals surface area contributed by atoms with Crippen LogP contribution >= 0.6 is 0 Å². The Bertz CT molecular complexity index is 1700. The van der Waals surface area contributed by atoms with Crippen molar-refractivity contribution in [2.24, 2.45) is 5.73 Å². The van der Waals surface area contributed by atoms with Crippen molar-refractivity contribution in [3.05, 3.63) is 71.3 Å². The van der Waals surface area contributed by atoms with E-state index in [1.807, 2.05) is 0 Å². The molecule has 15 heteroatoms. The summed E-state index contributed by atoms with van der Waals surface area (Å²) in [5.41, 5.74) is 5.17. The summed E-state index contributed by atoms with van der Waals surface area (Å²) in [5.74, 6) is -0.236. The van der Waals surface area contributed by atoms with Gasteiger partial charge in [0.25, 0.3) is 0 Å². The van der Waals surface area contributed by atoms with Crippen molar-refractivity contribution in [1.29, 1.82) is 0 Å². The summed E-state index contributed by atoms with van der Waals surface area (Å²) in [6, 6.07) is 15.0. The van der Waals surface area contributed by atoms with Crippen LogP contribution in [0.3, 0.4) is 0 Å². The van der Waals surface area contributed by atoms with Gasteiger partial charge in [-0.2, -0.15) is 0 Å². The molecule has 3 aromatic rings. The normalized spacial score (nSPS) is 11.8. The summed E-state index contributed by atoms with van der Waals surface area (Å²) in [6.07, 6.45) is 0. The number of hydrogen-bond acceptors (Lipinski definition) is 15. The molecular formula is C45H61NO14. The zero-order valence-electron chi connectivity index (χ0n) is 36.9. The van der Waals surface area contributed by atoms with Crippen LogP contribution in [0.25, 0.3) is 0 Å². The molecule has 0 spiro atoms. The minimum Gasteiger partial charge on any atom is -0.489 e. The van der Waals surface area contributed by atoms with Crippen LogP contribution < -0.4 is 34.2 Å². The molecule has 0 aliphatic carbocycles. The van der Waals surface area contributed by atoms with Gasteiger partial charge in [0.15, 0.2) is 26.4 Å². The second-order valence-electron chi connectivity index (χ2n) is 17.7. The summed E-state index contributed by atoms with van der Waals surface area (Å²) in [5, 5.41) is 0. The number of carbonyl (C=O) groups excluding carboxylic acids is 4. The van der Waals surface area contributed by atoms with Crippen molar-refractivity contribution < 1.29 is 66.5 Å². The van der Waals surface area contributed by atoms with Crippen LogP contribution in [0.5, 0.6) is 34.5 Å². The molecule has 15 nitrogen and oxygen atoms in total. The highest BCUT2D eigenvalue weighted by molar-refractivity contribution is 5.73. The Labute approximate surface area is 353 Å². The number of ether oxygens (including phenoxy) is 10. The minimum atomic E-state index is -0.694. The van der Waals surface area contributed by atoms with E-state index in [4.69, 9.17) is 53.1 Å². The maximum absolute atomic E-state index is 12.4. The first kappa shape index (κ1) is 48.7. The molecule has 0 atom stereocenters. The molecule has 0 aromatic heterocycles. The molecule has 0 amide bonds. The average Bonchev–Trinajstić information content (AvgIpc) is 3.10. The summed E-state index contributed by atoms with van der Waals surface area (Å²) in [7, 11) is 0. The van der Waals surface area contributed by atoms with E-state index in [1.54, 1.807) is 138 Å². The summed E-state index contributed by atoms with van der Waals surface area (Å²) in [4.78, 5) is 49.6. The van der Waals surface area contributed by atoms with Crippen molar-refractivity contribution in [3.8, 4) is 34.5 Å². The topological polar surface area (TPSA) is 187 Å². The van der Waals surface area contributed by atoms with E-state index in [2.05, 4.69) is 0 Å². The number of hydrogen-bond donors (Lipinski definition) is 1. The summed E-state index contributed by atoms with van der Waals surface area (Å²) in [6.45, 7) is 19.9. The van der Waals surface area contributed by atoms with Crippen molar-refractivity contribution in [2.75, 3.05) is 26.4 Å². The number of esters is 4. The number of carbonyl (C=O) groups is 4. The fourth-order valence-corrected chi connectivity index (χ4v) is 5.06. The van der Waals surface area contributed by atoms with E-state index in [9.17, 15) is 19.2 Å². The van der Waals surface area contributed by atoms with Crippen molar-refractivity contribution in [1.82, 2.24) is 0 Å². The summed E-state index contributed by atoms with van der Waals surface area (Å²) >= 11 is 0. The van der Waals surface area contributed by atoms with E-state index in [1.165, 1.54) is 0 Å². The molecule has 0 saturated heterocycles. The molecule has 0 fully saturated rings. The lowest BCUT2D eigenvalue weighted by molar-refractivity contribution is -0.158. The molecular weight excluding hydrogens is 778 g/mol. The van der Waals surface area contributed by atoms with Gasteiger partial charge in [-0.1, -0.05) is 0 Å². The Hall–Kier alpha value is -5.70. The molecule has 2 N–H and O–H groups in total. The van der Waals surface area contributed by atoms with Crippen LogP contribution in [0.15, 0.2) is 54.6 Å². The second-order valence-corrected chi connectivity index (χ2v) is 17.7. The van der Waals surface area contributed by atoms with Gasteiger partial charge in [0.1, 0.15) is 70.1 Å². The van der Waals surface area contributed by atoms with E-state index < -0.39 is 46.3 Å². The molecule has 0 saturated carbocycles. The molecule has 0 aliphatic rings. The molecule has 0 bridgehead atoms. The number of nitrogens with two attached hydrogens (primary N) is 1. The third-order valence-electron chi connectivity index (χ3n) is 6.97. The van der Waals surface area contributed by atoms with Crippen LogP contribution in [-0.2, 0) is 57.9 Å². The average molecular weight is 840 g/mol. The van der Waals surface area contributed by atoms with Crippen LogP contribution in [0.1, 0.15) is 99.8 Å². The van der Waals surface area contributed by atoms with Gasteiger partial charge in [-0.05, 0) is 136 Å². The SMILES string of the molecule is CC(C)(C)OC(=O)COc1cc(COc2cc(CN)cc(OCc3cc(OCC(=O)OC(C)(C)C)cc(OCC(=O)OC(C)(C)C)c3)c2)cc(OCC(=O)OC(C)(C)C)c1. The zero-order chi connectivity index (χ0) is 44.9. The Kier molecular flexibility index (Phi) is 17.0. The Morgan fingerprint density at radius 1 is 0.367 bits per heavy atom. The van der Waals surface area contributed by atoms with Crippen molar-refractivity contribution >= 4 is 23.9 Å². The highest BCUT2D eigenvalue weighted by atomic mass is 16.6. The van der Waals surface area contributed by atoms with E-state index in [0.29, 0.717) is 28.2 Å². The van der Waals surface area contributed by atoms with Gasteiger partial charge in [0.05, 0.1) is 0 Å². The second kappa shape index (κ2) is 21.0. The lowest BCUT2D eigenvalue weighted by atomic mass is 10.2. The van der Waals surface area contributed by atoms with E-state index >= 15 is 0 Å². The number of benzene rings is 3. The van der Waals surface area contributed by atoms with Crippen LogP contribution in [0.2, 0.25) is 0 Å².